The minimum absolute atomic E-state index is 0.0472. The smallest absolute Gasteiger partial charge is 0.0419 e. The number of pyridine rings is 1. The summed E-state index contributed by atoms with van der Waals surface area (Å²) in [5.41, 5.74) is 8.95. The molecule has 3 nitrogen and oxygen atoms in total. The SMILES string of the molecule is CCc1ccc(CC(N)C(C)(C)N2CCCCC2)nc1. The Labute approximate surface area is 123 Å². The number of likely N-dealkylation sites (tertiary alicyclic amines) is 1. The van der Waals surface area contributed by atoms with E-state index in [0.717, 1.165) is 18.5 Å². The highest BCUT2D eigenvalue weighted by atomic mass is 15.2. The molecule has 0 amide bonds. The Morgan fingerprint density at radius 1 is 1.25 bits per heavy atom. The highest BCUT2D eigenvalue weighted by molar-refractivity contribution is 5.15. The van der Waals surface area contributed by atoms with Gasteiger partial charge in [0.25, 0.3) is 0 Å². The van der Waals surface area contributed by atoms with E-state index in [2.05, 4.69) is 42.8 Å². The number of hydrogen-bond acceptors (Lipinski definition) is 3. The molecule has 1 saturated heterocycles. The van der Waals surface area contributed by atoms with Crippen LogP contribution in [0.15, 0.2) is 18.3 Å². The van der Waals surface area contributed by atoms with Crippen molar-refractivity contribution in [2.45, 2.75) is 64.5 Å². The van der Waals surface area contributed by atoms with E-state index < -0.39 is 0 Å². The van der Waals surface area contributed by atoms with Crippen LogP contribution in [0.25, 0.3) is 0 Å². The molecule has 2 N–H and O–H groups in total. The van der Waals surface area contributed by atoms with Crippen molar-refractivity contribution in [1.29, 1.82) is 0 Å². The fourth-order valence-electron chi connectivity index (χ4n) is 2.96. The van der Waals surface area contributed by atoms with Gasteiger partial charge in [-0.15, -0.1) is 0 Å². The number of rotatable bonds is 5. The van der Waals surface area contributed by atoms with Gasteiger partial charge in [0.05, 0.1) is 0 Å². The van der Waals surface area contributed by atoms with Gasteiger partial charge in [0.2, 0.25) is 0 Å². The summed E-state index contributed by atoms with van der Waals surface area (Å²) in [6, 6.07) is 4.43. The van der Waals surface area contributed by atoms with Gasteiger partial charge in [0.15, 0.2) is 0 Å². The Bertz CT molecular complexity index is 405. The van der Waals surface area contributed by atoms with Crippen molar-refractivity contribution in [2.75, 3.05) is 13.1 Å². The van der Waals surface area contributed by atoms with E-state index >= 15 is 0 Å². The van der Waals surface area contributed by atoms with Crippen molar-refractivity contribution in [3.05, 3.63) is 29.6 Å². The second-order valence-electron chi connectivity index (χ2n) is 6.52. The van der Waals surface area contributed by atoms with Crippen molar-refractivity contribution < 1.29 is 0 Å². The first-order chi connectivity index (χ1) is 9.54. The molecule has 0 aliphatic carbocycles. The van der Waals surface area contributed by atoms with Gasteiger partial charge in [-0.3, -0.25) is 9.88 Å². The molecule has 1 fully saturated rings. The summed E-state index contributed by atoms with van der Waals surface area (Å²) in [6.07, 6.45) is 7.85. The molecule has 2 heterocycles. The summed E-state index contributed by atoms with van der Waals surface area (Å²) in [7, 11) is 0. The zero-order valence-corrected chi connectivity index (χ0v) is 13.2. The van der Waals surface area contributed by atoms with Crippen molar-refractivity contribution in [2.24, 2.45) is 5.73 Å². The molecule has 112 valence electrons. The summed E-state index contributed by atoms with van der Waals surface area (Å²) >= 11 is 0. The Morgan fingerprint density at radius 2 is 1.95 bits per heavy atom. The molecular formula is C17H29N3. The van der Waals surface area contributed by atoms with Crippen molar-refractivity contribution in [3.8, 4) is 0 Å². The number of aryl methyl sites for hydroxylation is 1. The average Bonchev–Trinajstić information content (AvgIpc) is 2.49. The summed E-state index contributed by atoms with van der Waals surface area (Å²) in [5.74, 6) is 0. The van der Waals surface area contributed by atoms with Gasteiger partial charge in [-0.2, -0.15) is 0 Å². The van der Waals surface area contributed by atoms with Crippen molar-refractivity contribution in [1.82, 2.24) is 9.88 Å². The lowest BCUT2D eigenvalue weighted by Gasteiger charge is -2.44. The standard InChI is InChI=1S/C17H29N3/c1-4-14-8-9-15(19-13-14)12-16(18)17(2,3)20-10-6-5-7-11-20/h8-9,13,16H,4-7,10-12,18H2,1-3H3. The van der Waals surface area contributed by atoms with Crippen LogP contribution in [-0.2, 0) is 12.8 Å². The summed E-state index contributed by atoms with van der Waals surface area (Å²) in [6.45, 7) is 9.08. The maximum atomic E-state index is 6.50. The molecule has 3 heteroatoms. The first-order valence-corrected chi connectivity index (χ1v) is 7.98. The highest BCUT2D eigenvalue weighted by Gasteiger charge is 2.33. The van der Waals surface area contributed by atoms with Crippen LogP contribution in [0.3, 0.4) is 0 Å². The molecule has 0 radical (unpaired) electrons. The van der Waals surface area contributed by atoms with Crippen LogP contribution >= 0.6 is 0 Å². The molecule has 0 saturated carbocycles. The zero-order valence-electron chi connectivity index (χ0n) is 13.2. The van der Waals surface area contributed by atoms with E-state index in [1.165, 1.54) is 37.9 Å². The van der Waals surface area contributed by atoms with Gasteiger partial charge in [0, 0.05) is 29.9 Å². The molecule has 0 bridgehead atoms. The monoisotopic (exact) mass is 275 g/mol. The van der Waals surface area contributed by atoms with Gasteiger partial charge in [-0.25, -0.2) is 0 Å². The van der Waals surface area contributed by atoms with E-state index in [1.807, 2.05) is 6.20 Å². The quantitative estimate of drug-likeness (QED) is 0.898. The molecule has 20 heavy (non-hydrogen) atoms. The Morgan fingerprint density at radius 3 is 2.50 bits per heavy atom. The zero-order chi connectivity index (χ0) is 14.6. The molecule has 1 atom stereocenters. The lowest BCUT2D eigenvalue weighted by Crippen LogP contribution is -2.58. The molecule has 1 aromatic rings. The Balaban J connectivity index is 1.99. The third kappa shape index (κ3) is 3.58. The first-order valence-electron chi connectivity index (χ1n) is 7.98. The molecule has 0 spiro atoms. The third-order valence-electron chi connectivity index (χ3n) is 4.80. The predicted octanol–water partition coefficient (Wildman–Crippen LogP) is 2.78. The van der Waals surface area contributed by atoms with Crippen LogP contribution < -0.4 is 5.73 Å². The van der Waals surface area contributed by atoms with Gasteiger partial charge in [0.1, 0.15) is 0 Å². The number of nitrogens with zero attached hydrogens (tertiary/aromatic N) is 2. The second kappa shape index (κ2) is 6.68. The lowest BCUT2D eigenvalue weighted by molar-refractivity contribution is 0.0728. The molecule has 1 aliphatic rings. The number of aromatic nitrogens is 1. The van der Waals surface area contributed by atoms with Crippen LogP contribution in [0.5, 0.6) is 0 Å². The maximum absolute atomic E-state index is 6.50. The highest BCUT2D eigenvalue weighted by Crippen LogP contribution is 2.24. The lowest BCUT2D eigenvalue weighted by atomic mass is 9.88. The molecular weight excluding hydrogens is 246 g/mol. The summed E-state index contributed by atoms with van der Waals surface area (Å²) in [4.78, 5) is 7.11. The number of piperidine rings is 1. The van der Waals surface area contributed by atoms with Crippen molar-refractivity contribution in [3.63, 3.8) is 0 Å². The van der Waals surface area contributed by atoms with Gasteiger partial charge < -0.3 is 5.73 Å². The summed E-state index contributed by atoms with van der Waals surface area (Å²) < 4.78 is 0. The van der Waals surface area contributed by atoms with Gasteiger partial charge in [-0.05, 0) is 57.8 Å². The molecule has 2 rings (SSSR count). The molecule has 1 aromatic heterocycles. The minimum atomic E-state index is 0.0472. The fourth-order valence-corrected chi connectivity index (χ4v) is 2.96. The van der Waals surface area contributed by atoms with Gasteiger partial charge >= 0.3 is 0 Å². The molecule has 1 unspecified atom stereocenters. The number of hydrogen-bond donors (Lipinski definition) is 1. The molecule has 0 aromatic carbocycles. The van der Waals surface area contributed by atoms with E-state index in [4.69, 9.17) is 5.73 Å². The topological polar surface area (TPSA) is 42.1 Å². The summed E-state index contributed by atoms with van der Waals surface area (Å²) in [5, 5.41) is 0. The van der Waals surface area contributed by atoms with Crippen LogP contribution in [0.2, 0.25) is 0 Å². The predicted molar refractivity (Wildman–Crippen MR) is 84.8 cm³/mol. The first kappa shape index (κ1) is 15.5. The van der Waals surface area contributed by atoms with E-state index in [0.29, 0.717) is 0 Å². The molecule has 1 aliphatic heterocycles. The van der Waals surface area contributed by atoms with E-state index in [-0.39, 0.29) is 11.6 Å². The van der Waals surface area contributed by atoms with Gasteiger partial charge in [-0.1, -0.05) is 19.4 Å². The number of nitrogens with two attached hydrogens (primary N) is 1. The maximum Gasteiger partial charge on any atom is 0.0419 e. The normalized spacial score (nSPS) is 19.0. The second-order valence-corrected chi connectivity index (χ2v) is 6.52. The van der Waals surface area contributed by atoms with E-state index in [9.17, 15) is 0 Å². The largest absolute Gasteiger partial charge is 0.326 e. The van der Waals surface area contributed by atoms with Crippen LogP contribution in [-0.4, -0.2) is 34.6 Å². The third-order valence-corrected chi connectivity index (χ3v) is 4.80. The average molecular weight is 275 g/mol. The van der Waals surface area contributed by atoms with E-state index in [1.54, 1.807) is 0 Å². The van der Waals surface area contributed by atoms with Crippen LogP contribution in [0.1, 0.15) is 51.3 Å². The van der Waals surface area contributed by atoms with Crippen molar-refractivity contribution >= 4 is 0 Å². The van der Waals surface area contributed by atoms with Crippen LogP contribution in [0, 0.1) is 0 Å². The Kier molecular flexibility index (Phi) is 5.17. The Hall–Kier alpha value is -0.930. The minimum Gasteiger partial charge on any atom is -0.326 e. The van der Waals surface area contributed by atoms with Crippen LogP contribution in [0.4, 0.5) is 0 Å². The fraction of sp³-hybridized carbons (Fsp3) is 0.706.